The fourth-order valence-electron chi connectivity index (χ4n) is 6.50. The summed E-state index contributed by atoms with van der Waals surface area (Å²) in [6, 6.07) is 5.78. The van der Waals surface area contributed by atoms with Crippen molar-refractivity contribution in [2.75, 3.05) is 6.61 Å². The Labute approximate surface area is 246 Å². The highest BCUT2D eigenvalue weighted by atomic mass is 19.2. The molecular formula is C34H42F4O4. The average Bonchev–Trinajstić information content (AvgIpc) is 3.00. The molecule has 1 N–H and O–H groups in total. The first kappa shape index (κ1) is 32.1. The van der Waals surface area contributed by atoms with E-state index < -0.39 is 40.9 Å². The number of ether oxygens (including phenoxy) is 2. The minimum Gasteiger partial charge on any atom is -0.490 e. The molecule has 42 heavy (non-hydrogen) atoms. The Balaban J connectivity index is 1.31. The molecule has 230 valence electrons. The number of halogens is 4. The molecule has 2 aliphatic carbocycles. The second-order valence-corrected chi connectivity index (χ2v) is 11.8. The van der Waals surface area contributed by atoms with E-state index in [2.05, 4.69) is 6.58 Å². The van der Waals surface area contributed by atoms with Gasteiger partial charge in [0, 0.05) is 0 Å². The molecular weight excluding hydrogens is 548 g/mol. The van der Waals surface area contributed by atoms with Crippen molar-refractivity contribution < 1.29 is 36.9 Å². The molecule has 4 nitrogen and oxygen atoms in total. The normalized spacial score (nSPS) is 23.3. The molecule has 0 bridgehead atoms. The van der Waals surface area contributed by atoms with Crippen LogP contribution in [0.2, 0.25) is 0 Å². The van der Waals surface area contributed by atoms with Gasteiger partial charge in [-0.25, -0.2) is 8.78 Å². The van der Waals surface area contributed by atoms with Gasteiger partial charge in [0.1, 0.15) is 0 Å². The van der Waals surface area contributed by atoms with Gasteiger partial charge in [0.25, 0.3) is 0 Å². The zero-order valence-electron chi connectivity index (χ0n) is 24.4. The van der Waals surface area contributed by atoms with Gasteiger partial charge in [-0.05, 0) is 112 Å². The molecule has 2 aliphatic rings. The molecule has 0 saturated heterocycles. The van der Waals surface area contributed by atoms with Gasteiger partial charge >= 0.3 is 5.97 Å². The SMILES string of the molecule is C=CCCCOc1ccc(OC(=O)C2CCC(c3ccc(C4CCC(C(O)CCC)CC4)c(F)c3F)CC2)c(F)c1F. The standard InChI is InChI=1S/C34H42F4O4/c1-3-5-6-20-41-28-18-19-29(33(38)32(28)37)42-34(40)24-14-10-22(11-15-24)26-17-16-25(30(35)31(26)36)21-8-12-23(13-9-21)27(39)7-4-2/h3,16-19,21-24,27,39H,1,4-15,20H2,2H3. The molecule has 2 saturated carbocycles. The Hall–Kier alpha value is -2.87. The number of benzene rings is 2. The van der Waals surface area contributed by atoms with E-state index >= 15 is 8.78 Å². The van der Waals surface area contributed by atoms with Crippen LogP contribution in [0.3, 0.4) is 0 Å². The van der Waals surface area contributed by atoms with Crippen molar-refractivity contribution in [2.45, 2.75) is 102 Å². The quantitative estimate of drug-likeness (QED) is 0.0882. The lowest BCUT2D eigenvalue weighted by Crippen LogP contribution is -2.26. The summed E-state index contributed by atoms with van der Waals surface area (Å²) in [5.74, 6) is -6.20. The number of carbonyl (C=O) groups excluding carboxylic acids is 1. The van der Waals surface area contributed by atoms with Crippen LogP contribution in [-0.4, -0.2) is 23.8 Å². The monoisotopic (exact) mass is 590 g/mol. The summed E-state index contributed by atoms with van der Waals surface area (Å²) in [6.07, 6.45) is 9.04. The van der Waals surface area contributed by atoms with Crippen molar-refractivity contribution in [2.24, 2.45) is 11.8 Å². The molecule has 0 heterocycles. The van der Waals surface area contributed by atoms with Gasteiger partial charge in [-0.2, -0.15) is 8.78 Å². The number of esters is 1. The number of hydrogen-bond donors (Lipinski definition) is 1. The van der Waals surface area contributed by atoms with Crippen molar-refractivity contribution in [3.8, 4) is 11.5 Å². The van der Waals surface area contributed by atoms with Crippen molar-refractivity contribution in [1.82, 2.24) is 0 Å². The lowest BCUT2D eigenvalue weighted by molar-refractivity contribution is -0.140. The average molecular weight is 591 g/mol. The van der Waals surface area contributed by atoms with E-state index in [0.29, 0.717) is 49.7 Å². The van der Waals surface area contributed by atoms with Crippen LogP contribution in [0.15, 0.2) is 36.9 Å². The fraction of sp³-hybridized carbons (Fsp3) is 0.559. The predicted octanol–water partition coefficient (Wildman–Crippen LogP) is 8.90. The van der Waals surface area contributed by atoms with E-state index in [4.69, 9.17) is 9.47 Å². The van der Waals surface area contributed by atoms with E-state index in [-0.39, 0.29) is 36.2 Å². The Morgan fingerprint density at radius 2 is 1.43 bits per heavy atom. The lowest BCUT2D eigenvalue weighted by atomic mass is 9.74. The third kappa shape index (κ3) is 7.55. The molecule has 2 fully saturated rings. The Kier molecular flexibility index (Phi) is 11.5. The first-order valence-corrected chi connectivity index (χ1v) is 15.3. The highest BCUT2D eigenvalue weighted by molar-refractivity contribution is 5.75. The van der Waals surface area contributed by atoms with Gasteiger partial charge in [-0.3, -0.25) is 4.79 Å². The second kappa shape index (κ2) is 15.0. The van der Waals surface area contributed by atoms with Crippen LogP contribution in [0.5, 0.6) is 11.5 Å². The first-order valence-electron chi connectivity index (χ1n) is 15.3. The van der Waals surface area contributed by atoms with Crippen LogP contribution in [0.4, 0.5) is 17.6 Å². The van der Waals surface area contributed by atoms with Crippen molar-refractivity contribution in [3.05, 3.63) is 71.3 Å². The van der Waals surface area contributed by atoms with Crippen molar-refractivity contribution >= 4 is 5.97 Å². The zero-order chi connectivity index (χ0) is 30.2. The number of aliphatic hydroxyl groups excluding tert-OH is 1. The molecule has 2 aromatic rings. The summed E-state index contributed by atoms with van der Waals surface area (Å²) in [5, 5.41) is 10.3. The summed E-state index contributed by atoms with van der Waals surface area (Å²) in [4.78, 5) is 12.7. The number of allylic oxidation sites excluding steroid dienone is 1. The van der Waals surface area contributed by atoms with Crippen LogP contribution in [0, 0.1) is 35.1 Å². The minimum atomic E-state index is -1.29. The van der Waals surface area contributed by atoms with E-state index in [1.54, 1.807) is 18.2 Å². The van der Waals surface area contributed by atoms with E-state index in [1.807, 2.05) is 6.92 Å². The maximum atomic E-state index is 15.3. The van der Waals surface area contributed by atoms with E-state index in [1.165, 1.54) is 12.1 Å². The molecule has 1 unspecified atom stereocenters. The lowest BCUT2D eigenvalue weighted by Gasteiger charge is -2.32. The third-order valence-corrected chi connectivity index (χ3v) is 9.01. The van der Waals surface area contributed by atoms with Gasteiger partial charge in [0.15, 0.2) is 23.1 Å². The summed E-state index contributed by atoms with van der Waals surface area (Å²) in [5.41, 5.74) is 0.714. The van der Waals surface area contributed by atoms with Crippen LogP contribution >= 0.6 is 0 Å². The Morgan fingerprint density at radius 1 is 0.881 bits per heavy atom. The zero-order valence-corrected chi connectivity index (χ0v) is 24.4. The molecule has 4 rings (SSSR count). The van der Waals surface area contributed by atoms with E-state index in [9.17, 15) is 18.7 Å². The predicted molar refractivity (Wildman–Crippen MR) is 154 cm³/mol. The molecule has 0 radical (unpaired) electrons. The molecule has 0 aromatic heterocycles. The molecule has 0 spiro atoms. The third-order valence-electron chi connectivity index (χ3n) is 9.01. The molecule has 1 atom stereocenters. The summed E-state index contributed by atoms with van der Waals surface area (Å²) >= 11 is 0. The topological polar surface area (TPSA) is 55.8 Å². The largest absolute Gasteiger partial charge is 0.490 e. The smallest absolute Gasteiger partial charge is 0.314 e. The Morgan fingerprint density at radius 3 is 2.00 bits per heavy atom. The molecule has 0 amide bonds. The Bertz CT molecular complexity index is 1220. The number of unbranched alkanes of at least 4 members (excludes halogenated alkanes) is 1. The van der Waals surface area contributed by atoms with Crippen LogP contribution in [0.25, 0.3) is 0 Å². The van der Waals surface area contributed by atoms with E-state index in [0.717, 1.165) is 38.5 Å². The summed E-state index contributed by atoms with van der Waals surface area (Å²) in [7, 11) is 0. The minimum absolute atomic E-state index is 0.0627. The van der Waals surface area contributed by atoms with Crippen molar-refractivity contribution in [1.29, 1.82) is 0 Å². The number of aliphatic hydroxyl groups is 1. The number of hydrogen-bond acceptors (Lipinski definition) is 4. The van der Waals surface area contributed by atoms with Gasteiger partial charge in [0.05, 0.1) is 18.6 Å². The number of carbonyl (C=O) groups is 1. The van der Waals surface area contributed by atoms with Gasteiger partial charge in [-0.15, -0.1) is 6.58 Å². The van der Waals surface area contributed by atoms with Gasteiger partial charge in [-0.1, -0.05) is 31.6 Å². The van der Waals surface area contributed by atoms with Gasteiger partial charge in [0.2, 0.25) is 11.6 Å². The fourth-order valence-corrected chi connectivity index (χ4v) is 6.50. The highest BCUT2D eigenvalue weighted by Gasteiger charge is 2.33. The molecule has 8 heteroatoms. The van der Waals surface area contributed by atoms with Crippen molar-refractivity contribution in [3.63, 3.8) is 0 Å². The number of rotatable bonds is 12. The van der Waals surface area contributed by atoms with Crippen LogP contribution < -0.4 is 9.47 Å². The maximum Gasteiger partial charge on any atom is 0.314 e. The summed E-state index contributed by atoms with van der Waals surface area (Å²) < 4.78 is 69.9. The molecule has 2 aromatic carbocycles. The first-order chi connectivity index (χ1) is 20.2. The van der Waals surface area contributed by atoms with Gasteiger partial charge < -0.3 is 14.6 Å². The van der Waals surface area contributed by atoms with Crippen LogP contribution in [-0.2, 0) is 4.79 Å². The summed E-state index contributed by atoms with van der Waals surface area (Å²) in [6.45, 7) is 5.83. The maximum absolute atomic E-state index is 15.3. The highest BCUT2D eigenvalue weighted by Crippen LogP contribution is 2.42. The molecule has 0 aliphatic heterocycles. The second-order valence-electron chi connectivity index (χ2n) is 11.8. The van der Waals surface area contributed by atoms with Crippen LogP contribution in [0.1, 0.15) is 107 Å².